The van der Waals surface area contributed by atoms with Gasteiger partial charge >= 0.3 is 0 Å². The van der Waals surface area contributed by atoms with Crippen LogP contribution < -0.4 is 5.32 Å². The van der Waals surface area contributed by atoms with Gasteiger partial charge in [0.05, 0.1) is 24.5 Å². The third kappa shape index (κ3) is 4.82. The Balaban J connectivity index is 1.72. The van der Waals surface area contributed by atoms with Crippen LogP contribution >= 0.6 is 0 Å². The van der Waals surface area contributed by atoms with Crippen LogP contribution in [0.5, 0.6) is 0 Å². The lowest BCUT2D eigenvalue weighted by Crippen LogP contribution is -2.37. The third-order valence-corrected chi connectivity index (χ3v) is 4.11. The SMILES string of the molecule is CC(C)Nc1ccc(C(=O)N(Cc2ccco2)CC2CCCO2)cn1. The molecule has 6 nitrogen and oxygen atoms in total. The van der Waals surface area contributed by atoms with Gasteiger partial charge in [-0.05, 0) is 51.0 Å². The summed E-state index contributed by atoms with van der Waals surface area (Å²) in [4.78, 5) is 19.1. The quantitative estimate of drug-likeness (QED) is 0.835. The number of anilines is 1. The van der Waals surface area contributed by atoms with Gasteiger partial charge in [-0.25, -0.2) is 4.98 Å². The second-order valence-corrected chi connectivity index (χ2v) is 6.63. The van der Waals surface area contributed by atoms with Gasteiger partial charge in [-0.15, -0.1) is 0 Å². The van der Waals surface area contributed by atoms with Gasteiger partial charge in [0.15, 0.2) is 0 Å². The zero-order valence-electron chi connectivity index (χ0n) is 14.8. The molecule has 0 spiro atoms. The molecular weight excluding hydrogens is 318 g/mol. The first-order chi connectivity index (χ1) is 12.1. The molecule has 0 aromatic carbocycles. The maximum absolute atomic E-state index is 13.0. The Hall–Kier alpha value is -2.34. The van der Waals surface area contributed by atoms with Gasteiger partial charge in [-0.3, -0.25) is 4.79 Å². The lowest BCUT2D eigenvalue weighted by Gasteiger charge is -2.24. The maximum atomic E-state index is 13.0. The molecule has 3 heterocycles. The van der Waals surface area contributed by atoms with Crippen LogP contribution in [0.4, 0.5) is 5.82 Å². The Labute approximate surface area is 148 Å². The standard InChI is InChI=1S/C19H25N3O3/c1-14(2)21-18-8-7-15(11-20-18)19(23)22(12-16-5-3-9-24-16)13-17-6-4-10-25-17/h3,5,7-9,11,14,17H,4,6,10,12-13H2,1-2H3,(H,20,21). The second-order valence-electron chi connectivity index (χ2n) is 6.63. The van der Waals surface area contributed by atoms with Crippen LogP contribution in [0.2, 0.25) is 0 Å². The van der Waals surface area contributed by atoms with Gasteiger partial charge in [0.1, 0.15) is 11.6 Å². The van der Waals surface area contributed by atoms with Crippen molar-refractivity contribution in [1.82, 2.24) is 9.88 Å². The molecule has 0 saturated carbocycles. The van der Waals surface area contributed by atoms with E-state index < -0.39 is 0 Å². The van der Waals surface area contributed by atoms with Gasteiger partial charge in [0.2, 0.25) is 0 Å². The Bertz CT molecular complexity index is 662. The molecule has 2 aromatic rings. The van der Waals surface area contributed by atoms with Crippen molar-refractivity contribution in [2.24, 2.45) is 0 Å². The molecule has 1 saturated heterocycles. The minimum Gasteiger partial charge on any atom is -0.467 e. The Kier molecular flexibility index (Phi) is 5.71. The molecule has 1 unspecified atom stereocenters. The molecular formula is C19H25N3O3. The Morgan fingerprint density at radius 2 is 2.28 bits per heavy atom. The van der Waals surface area contributed by atoms with Crippen molar-refractivity contribution in [1.29, 1.82) is 0 Å². The first-order valence-electron chi connectivity index (χ1n) is 8.77. The number of pyridine rings is 1. The number of nitrogens with one attached hydrogen (secondary N) is 1. The van der Waals surface area contributed by atoms with Crippen LogP contribution in [0, 0.1) is 0 Å². The lowest BCUT2D eigenvalue weighted by molar-refractivity contribution is 0.0491. The normalized spacial score (nSPS) is 17.0. The van der Waals surface area contributed by atoms with E-state index in [0.29, 0.717) is 24.7 Å². The number of hydrogen-bond acceptors (Lipinski definition) is 5. The summed E-state index contributed by atoms with van der Waals surface area (Å²) in [7, 11) is 0. The van der Waals surface area contributed by atoms with Crippen LogP contribution in [-0.4, -0.2) is 41.1 Å². The van der Waals surface area contributed by atoms with Crippen molar-refractivity contribution in [3.63, 3.8) is 0 Å². The summed E-state index contributed by atoms with van der Waals surface area (Å²) in [6.45, 7) is 5.86. The van der Waals surface area contributed by atoms with Crippen LogP contribution in [0.15, 0.2) is 41.1 Å². The molecule has 1 fully saturated rings. The number of amides is 1. The fourth-order valence-electron chi connectivity index (χ4n) is 2.93. The van der Waals surface area contributed by atoms with Crippen molar-refractivity contribution in [3.8, 4) is 0 Å². The van der Waals surface area contributed by atoms with E-state index in [0.717, 1.165) is 31.0 Å². The largest absolute Gasteiger partial charge is 0.467 e. The van der Waals surface area contributed by atoms with Gasteiger partial charge in [-0.1, -0.05) is 0 Å². The van der Waals surface area contributed by atoms with Gasteiger partial charge in [0, 0.05) is 25.4 Å². The summed E-state index contributed by atoms with van der Waals surface area (Å²) in [5.74, 6) is 1.47. The molecule has 0 radical (unpaired) electrons. The van der Waals surface area contributed by atoms with E-state index in [9.17, 15) is 4.79 Å². The number of hydrogen-bond donors (Lipinski definition) is 1. The predicted molar refractivity (Wildman–Crippen MR) is 95.4 cm³/mol. The average molecular weight is 343 g/mol. The first-order valence-corrected chi connectivity index (χ1v) is 8.77. The van der Waals surface area contributed by atoms with Crippen molar-refractivity contribution >= 4 is 11.7 Å². The van der Waals surface area contributed by atoms with Gasteiger partial charge in [-0.2, -0.15) is 0 Å². The van der Waals surface area contributed by atoms with Crippen molar-refractivity contribution in [3.05, 3.63) is 48.0 Å². The monoisotopic (exact) mass is 343 g/mol. The molecule has 3 rings (SSSR count). The Morgan fingerprint density at radius 1 is 1.40 bits per heavy atom. The highest BCUT2D eigenvalue weighted by molar-refractivity contribution is 5.94. The number of ether oxygens (including phenoxy) is 1. The number of rotatable bonds is 7. The van der Waals surface area contributed by atoms with E-state index in [1.54, 1.807) is 17.4 Å². The summed E-state index contributed by atoms with van der Waals surface area (Å²) < 4.78 is 11.1. The van der Waals surface area contributed by atoms with E-state index in [1.807, 2.05) is 38.1 Å². The Morgan fingerprint density at radius 3 is 2.88 bits per heavy atom. The second kappa shape index (κ2) is 8.16. The van der Waals surface area contributed by atoms with Crippen LogP contribution in [0.25, 0.3) is 0 Å². The molecule has 1 N–H and O–H groups in total. The summed E-state index contributed by atoms with van der Waals surface area (Å²) >= 11 is 0. The molecule has 2 aromatic heterocycles. The highest BCUT2D eigenvalue weighted by Crippen LogP contribution is 2.18. The summed E-state index contributed by atoms with van der Waals surface area (Å²) in [6, 6.07) is 7.65. The minimum atomic E-state index is -0.0597. The zero-order chi connectivity index (χ0) is 17.6. The van der Waals surface area contributed by atoms with Gasteiger partial charge in [0.25, 0.3) is 5.91 Å². The summed E-state index contributed by atoms with van der Waals surface area (Å²) in [5, 5.41) is 3.22. The zero-order valence-corrected chi connectivity index (χ0v) is 14.8. The van der Waals surface area contributed by atoms with Crippen LogP contribution in [0.1, 0.15) is 42.8 Å². The highest BCUT2D eigenvalue weighted by Gasteiger charge is 2.24. The van der Waals surface area contributed by atoms with E-state index >= 15 is 0 Å². The number of aromatic nitrogens is 1. The maximum Gasteiger partial charge on any atom is 0.255 e. The molecule has 0 aliphatic carbocycles. The van der Waals surface area contributed by atoms with Gasteiger partial charge < -0.3 is 19.4 Å². The topological polar surface area (TPSA) is 67.6 Å². The molecule has 1 amide bonds. The summed E-state index contributed by atoms with van der Waals surface area (Å²) in [5.41, 5.74) is 0.568. The van der Waals surface area contributed by atoms with E-state index in [2.05, 4.69) is 10.3 Å². The molecule has 1 aliphatic heterocycles. The van der Waals surface area contributed by atoms with E-state index in [-0.39, 0.29) is 12.0 Å². The van der Waals surface area contributed by atoms with Crippen LogP contribution in [0.3, 0.4) is 0 Å². The molecule has 134 valence electrons. The van der Waals surface area contributed by atoms with Crippen molar-refractivity contribution in [2.45, 2.75) is 45.4 Å². The molecule has 1 atom stereocenters. The predicted octanol–water partition coefficient (Wildman–Crippen LogP) is 3.32. The lowest BCUT2D eigenvalue weighted by atomic mass is 10.2. The fraction of sp³-hybridized carbons (Fsp3) is 0.474. The third-order valence-electron chi connectivity index (χ3n) is 4.11. The number of furan rings is 1. The number of carbonyl (C=O) groups is 1. The van der Waals surface area contributed by atoms with Crippen LogP contribution in [-0.2, 0) is 11.3 Å². The molecule has 25 heavy (non-hydrogen) atoms. The molecule has 6 heteroatoms. The van der Waals surface area contributed by atoms with Crippen molar-refractivity contribution in [2.75, 3.05) is 18.5 Å². The molecule has 1 aliphatic rings. The van der Waals surface area contributed by atoms with Crippen molar-refractivity contribution < 1.29 is 13.9 Å². The highest BCUT2D eigenvalue weighted by atomic mass is 16.5. The average Bonchev–Trinajstić information content (AvgIpc) is 3.28. The summed E-state index contributed by atoms with van der Waals surface area (Å²) in [6.07, 6.45) is 5.37. The number of carbonyl (C=O) groups excluding carboxylic acids is 1. The minimum absolute atomic E-state index is 0.0597. The first kappa shape index (κ1) is 17.5. The molecule has 0 bridgehead atoms. The van der Waals surface area contributed by atoms with E-state index in [1.165, 1.54) is 0 Å². The fourth-order valence-corrected chi connectivity index (χ4v) is 2.93. The van der Waals surface area contributed by atoms with E-state index in [4.69, 9.17) is 9.15 Å². The smallest absolute Gasteiger partial charge is 0.255 e. The number of nitrogens with zero attached hydrogens (tertiary/aromatic N) is 2.